The van der Waals surface area contributed by atoms with Crippen molar-refractivity contribution in [3.8, 4) is 11.5 Å². The van der Waals surface area contributed by atoms with Gasteiger partial charge in [0, 0.05) is 18.4 Å². The van der Waals surface area contributed by atoms with Crippen molar-refractivity contribution < 1.29 is 22.7 Å². The number of nitrogens with zero attached hydrogens (tertiary/aromatic N) is 1. The SMILES string of the molecule is COc1cc2c(cc1OC)[C@@H](c1ccccc1)N(C(=O)c1cccc(S(C)(=O)=O)c1)CC2. The van der Waals surface area contributed by atoms with Crippen LogP contribution in [0.15, 0.2) is 71.6 Å². The average Bonchev–Trinajstić information content (AvgIpc) is 2.82. The largest absolute Gasteiger partial charge is 0.493 e. The molecule has 0 saturated carbocycles. The normalized spacial score (nSPS) is 15.7. The molecule has 6 nitrogen and oxygen atoms in total. The van der Waals surface area contributed by atoms with E-state index in [1.807, 2.05) is 42.5 Å². The first-order valence-corrected chi connectivity index (χ1v) is 12.1. The lowest BCUT2D eigenvalue weighted by molar-refractivity contribution is 0.0694. The van der Waals surface area contributed by atoms with Crippen LogP contribution in [0.4, 0.5) is 0 Å². The summed E-state index contributed by atoms with van der Waals surface area (Å²) >= 11 is 0. The maximum atomic E-state index is 13.6. The van der Waals surface area contributed by atoms with Gasteiger partial charge in [0.05, 0.1) is 25.2 Å². The second-order valence-corrected chi connectivity index (χ2v) is 9.78. The summed E-state index contributed by atoms with van der Waals surface area (Å²) in [6.45, 7) is 0.490. The summed E-state index contributed by atoms with van der Waals surface area (Å²) in [6.07, 6.45) is 1.79. The minimum Gasteiger partial charge on any atom is -0.493 e. The van der Waals surface area contributed by atoms with Crippen LogP contribution < -0.4 is 9.47 Å². The summed E-state index contributed by atoms with van der Waals surface area (Å²) in [5.41, 5.74) is 3.37. The summed E-state index contributed by atoms with van der Waals surface area (Å²) in [5, 5.41) is 0. The van der Waals surface area contributed by atoms with E-state index in [9.17, 15) is 13.2 Å². The predicted molar refractivity (Wildman–Crippen MR) is 122 cm³/mol. The highest BCUT2D eigenvalue weighted by Crippen LogP contribution is 2.41. The van der Waals surface area contributed by atoms with E-state index >= 15 is 0 Å². The predicted octanol–water partition coefficient (Wildman–Crippen LogP) is 3.90. The van der Waals surface area contributed by atoms with Crippen molar-refractivity contribution in [3.05, 3.63) is 89.0 Å². The van der Waals surface area contributed by atoms with Crippen LogP contribution >= 0.6 is 0 Å². The lowest BCUT2D eigenvalue weighted by Gasteiger charge is -2.38. The average molecular weight is 452 g/mol. The van der Waals surface area contributed by atoms with E-state index in [0.717, 1.165) is 22.9 Å². The van der Waals surface area contributed by atoms with Crippen molar-refractivity contribution in [1.29, 1.82) is 0 Å². The molecule has 0 N–H and O–H groups in total. The first-order chi connectivity index (χ1) is 15.3. The number of ether oxygens (including phenoxy) is 2. The molecule has 1 heterocycles. The minimum absolute atomic E-state index is 0.128. The van der Waals surface area contributed by atoms with Crippen molar-refractivity contribution in [1.82, 2.24) is 4.90 Å². The summed E-state index contributed by atoms with van der Waals surface area (Å²) in [4.78, 5) is 15.5. The van der Waals surface area contributed by atoms with Crippen LogP contribution in [0.25, 0.3) is 0 Å². The number of amides is 1. The summed E-state index contributed by atoms with van der Waals surface area (Å²) in [7, 11) is -0.231. The number of hydrogen-bond acceptors (Lipinski definition) is 5. The lowest BCUT2D eigenvalue weighted by atomic mass is 9.87. The van der Waals surface area contributed by atoms with Crippen LogP contribution in [-0.2, 0) is 16.3 Å². The molecule has 0 radical (unpaired) electrons. The zero-order chi connectivity index (χ0) is 22.9. The Labute approximate surface area is 188 Å². The van der Waals surface area contributed by atoms with Crippen LogP contribution in [-0.4, -0.2) is 46.2 Å². The van der Waals surface area contributed by atoms with Crippen molar-refractivity contribution in [2.75, 3.05) is 27.0 Å². The Kier molecular flexibility index (Phi) is 5.93. The Bertz CT molecular complexity index is 1250. The molecule has 3 aromatic carbocycles. The maximum Gasteiger partial charge on any atom is 0.254 e. The highest BCUT2D eigenvalue weighted by Gasteiger charge is 2.34. The zero-order valence-electron chi connectivity index (χ0n) is 18.2. The van der Waals surface area contributed by atoms with Gasteiger partial charge in [-0.25, -0.2) is 8.42 Å². The van der Waals surface area contributed by atoms with E-state index in [-0.39, 0.29) is 16.8 Å². The molecule has 0 fully saturated rings. The number of benzene rings is 3. The van der Waals surface area contributed by atoms with E-state index in [2.05, 4.69) is 0 Å². The number of carbonyl (C=O) groups is 1. The molecule has 7 heteroatoms. The van der Waals surface area contributed by atoms with Gasteiger partial charge < -0.3 is 14.4 Å². The summed E-state index contributed by atoms with van der Waals surface area (Å²) in [6, 6.07) is 19.6. The van der Waals surface area contributed by atoms with Crippen LogP contribution in [0.5, 0.6) is 11.5 Å². The highest BCUT2D eigenvalue weighted by molar-refractivity contribution is 7.90. The Morgan fingerprint density at radius 1 is 0.938 bits per heavy atom. The Balaban J connectivity index is 1.83. The third-order valence-corrected chi connectivity index (χ3v) is 6.87. The van der Waals surface area contributed by atoms with Gasteiger partial charge >= 0.3 is 0 Å². The van der Waals surface area contributed by atoms with Gasteiger partial charge in [-0.1, -0.05) is 36.4 Å². The summed E-state index contributed by atoms with van der Waals surface area (Å²) in [5.74, 6) is 1.03. The molecule has 166 valence electrons. The highest BCUT2D eigenvalue weighted by atomic mass is 32.2. The van der Waals surface area contributed by atoms with Gasteiger partial charge in [-0.15, -0.1) is 0 Å². The van der Waals surface area contributed by atoms with Gasteiger partial charge in [0.1, 0.15) is 0 Å². The lowest BCUT2D eigenvalue weighted by Crippen LogP contribution is -2.40. The number of hydrogen-bond donors (Lipinski definition) is 0. The monoisotopic (exact) mass is 451 g/mol. The standard InChI is InChI=1S/C25H25NO5S/c1-30-22-15-18-12-13-26(25(27)19-10-7-11-20(14-19)32(3,28)29)24(17-8-5-4-6-9-17)21(18)16-23(22)31-2/h4-11,14-16,24H,12-13H2,1-3H3/t24-/m1/s1. The third-order valence-electron chi connectivity index (χ3n) is 5.76. The Hall–Kier alpha value is -3.32. The molecule has 0 saturated heterocycles. The van der Waals surface area contributed by atoms with Gasteiger partial charge in [0.25, 0.3) is 5.91 Å². The molecule has 1 atom stereocenters. The second kappa shape index (κ2) is 8.67. The smallest absolute Gasteiger partial charge is 0.254 e. The van der Waals surface area contributed by atoms with Crippen molar-refractivity contribution >= 4 is 15.7 Å². The van der Waals surface area contributed by atoms with Crippen LogP contribution in [0.2, 0.25) is 0 Å². The molecular weight excluding hydrogens is 426 g/mol. The van der Waals surface area contributed by atoms with E-state index in [1.165, 1.54) is 12.1 Å². The van der Waals surface area contributed by atoms with Crippen molar-refractivity contribution in [3.63, 3.8) is 0 Å². The van der Waals surface area contributed by atoms with Gasteiger partial charge in [-0.2, -0.15) is 0 Å². The van der Waals surface area contributed by atoms with Crippen LogP contribution in [0.1, 0.15) is 33.1 Å². The number of carbonyl (C=O) groups excluding carboxylic acids is 1. The number of rotatable bonds is 5. The van der Waals surface area contributed by atoms with Crippen LogP contribution in [0, 0.1) is 0 Å². The second-order valence-electron chi connectivity index (χ2n) is 7.77. The van der Waals surface area contributed by atoms with E-state index < -0.39 is 9.84 Å². The summed E-state index contributed by atoms with van der Waals surface area (Å²) < 4.78 is 35.0. The van der Waals surface area contributed by atoms with Gasteiger partial charge in [0.2, 0.25) is 0 Å². The van der Waals surface area contributed by atoms with E-state index in [4.69, 9.17) is 9.47 Å². The zero-order valence-corrected chi connectivity index (χ0v) is 19.1. The fourth-order valence-corrected chi connectivity index (χ4v) is 4.85. The first-order valence-electron chi connectivity index (χ1n) is 10.2. The maximum absolute atomic E-state index is 13.6. The number of fused-ring (bicyclic) bond motifs is 1. The Morgan fingerprint density at radius 2 is 1.62 bits per heavy atom. The molecule has 0 aliphatic carbocycles. The topological polar surface area (TPSA) is 72.9 Å². The molecule has 0 aromatic heterocycles. The van der Waals surface area contributed by atoms with Crippen molar-refractivity contribution in [2.24, 2.45) is 0 Å². The molecular formula is C25H25NO5S. The number of methoxy groups -OCH3 is 2. The molecule has 3 aromatic rings. The minimum atomic E-state index is -3.42. The first kappa shape index (κ1) is 21.9. The van der Waals surface area contributed by atoms with Gasteiger partial charge in [-0.3, -0.25) is 4.79 Å². The fraction of sp³-hybridized carbons (Fsp3) is 0.240. The van der Waals surface area contributed by atoms with E-state index in [1.54, 1.807) is 31.3 Å². The molecule has 0 spiro atoms. The van der Waals surface area contributed by atoms with Gasteiger partial charge in [0.15, 0.2) is 21.3 Å². The molecule has 1 amide bonds. The fourth-order valence-electron chi connectivity index (χ4n) is 4.18. The van der Waals surface area contributed by atoms with Gasteiger partial charge in [-0.05, 0) is 53.4 Å². The molecule has 4 rings (SSSR count). The van der Waals surface area contributed by atoms with Crippen LogP contribution in [0.3, 0.4) is 0 Å². The van der Waals surface area contributed by atoms with Crippen molar-refractivity contribution in [2.45, 2.75) is 17.4 Å². The molecule has 1 aliphatic heterocycles. The molecule has 1 aliphatic rings. The molecule has 0 unspecified atom stereocenters. The quantitative estimate of drug-likeness (QED) is 0.588. The van der Waals surface area contributed by atoms with E-state index in [0.29, 0.717) is 30.0 Å². The number of sulfone groups is 1. The Morgan fingerprint density at radius 3 is 2.28 bits per heavy atom. The molecule has 0 bridgehead atoms. The molecule has 32 heavy (non-hydrogen) atoms. The third kappa shape index (κ3) is 4.08.